The number of aliphatic hydroxyl groups is 1. The van der Waals surface area contributed by atoms with Crippen molar-refractivity contribution < 1.29 is 14.4 Å². The van der Waals surface area contributed by atoms with Gasteiger partial charge in [-0.15, -0.1) is 8.93 Å². The highest BCUT2D eigenvalue weighted by molar-refractivity contribution is 8.37. The Labute approximate surface area is 127 Å². The average Bonchev–Trinajstić information content (AvgIpc) is 2.82. The predicted octanol–water partition coefficient (Wildman–Crippen LogP) is 0.498. The quantitative estimate of drug-likeness (QED) is 0.616. The van der Waals surface area contributed by atoms with E-state index in [1.165, 1.54) is 17.8 Å². The van der Waals surface area contributed by atoms with Crippen LogP contribution in [0.15, 0.2) is 15.8 Å². The van der Waals surface area contributed by atoms with Crippen LogP contribution in [0.1, 0.15) is 18.2 Å². The van der Waals surface area contributed by atoms with Gasteiger partial charge in [0.1, 0.15) is 12.3 Å². The molecule has 4 unspecified atom stereocenters. The molecule has 0 amide bonds. The van der Waals surface area contributed by atoms with Crippen molar-refractivity contribution in [2.24, 2.45) is 7.05 Å². The first-order valence-corrected chi connectivity index (χ1v) is 11.1. The maximum atomic E-state index is 12.1. The van der Waals surface area contributed by atoms with Crippen molar-refractivity contribution in [3.63, 3.8) is 0 Å². The van der Waals surface area contributed by atoms with E-state index in [9.17, 15) is 14.7 Å². The molecule has 10 heteroatoms. The summed E-state index contributed by atoms with van der Waals surface area (Å²) in [5.74, 6) is 0. The first-order valence-electron chi connectivity index (χ1n) is 6.40. The van der Waals surface area contributed by atoms with Crippen LogP contribution in [0.2, 0.25) is 0 Å². The molecule has 1 aromatic heterocycles. The molecule has 0 bridgehead atoms. The fraction of sp³-hybridized carbons (Fsp3) is 0.636. The number of hydrogen-bond acceptors (Lipinski definition) is 5. The molecule has 1 aliphatic heterocycles. The smallest absolute Gasteiger partial charge is 0.332 e. The molecule has 0 aliphatic carbocycles. The Morgan fingerprint density at radius 3 is 2.95 bits per heavy atom. The van der Waals surface area contributed by atoms with Gasteiger partial charge < -0.3 is 14.4 Å². The zero-order valence-electron chi connectivity index (χ0n) is 11.8. The van der Waals surface area contributed by atoms with E-state index in [0.717, 1.165) is 4.57 Å². The van der Waals surface area contributed by atoms with E-state index in [2.05, 4.69) is 8.93 Å². The summed E-state index contributed by atoms with van der Waals surface area (Å²) in [7, 11) is 5.02. The van der Waals surface area contributed by atoms with Crippen LogP contribution in [0, 0.1) is 6.92 Å². The highest BCUT2D eigenvalue weighted by Crippen LogP contribution is 2.44. The zero-order valence-corrected chi connectivity index (χ0v) is 14.9. The second kappa shape index (κ2) is 7.41. The lowest BCUT2D eigenvalue weighted by atomic mass is 10.2. The summed E-state index contributed by atoms with van der Waals surface area (Å²) in [5.41, 5.74) is -0.310. The molecule has 1 aliphatic rings. The van der Waals surface area contributed by atoms with E-state index in [1.54, 1.807) is 6.92 Å². The van der Waals surface area contributed by atoms with Gasteiger partial charge in [0.2, 0.25) is 0 Å². The Balaban J connectivity index is 2.18. The fourth-order valence-electron chi connectivity index (χ4n) is 2.25. The third kappa shape index (κ3) is 3.79. The van der Waals surface area contributed by atoms with Crippen LogP contribution in [0.3, 0.4) is 0 Å². The van der Waals surface area contributed by atoms with Crippen LogP contribution in [-0.4, -0.2) is 33.1 Å². The highest BCUT2D eigenvalue weighted by atomic mass is 32.4. The van der Waals surface area contributed by atoms with Crippen LogP contribution in [0.4, 0.5) is 0 Å². The second-order valence-electron chi connectivity index (χ2n) is 4.86. The van der Waals surface area contributed by atoms with E-state index in [0.29, 0.717) is 35.0 Å². The third-order valence-corrected chi connectivity index (χ3v) is 5.65. The molecule has 0 spiro atoms. The summed E-state index contributed by atoms with van der Waals surface area (Å²) < 4.78 is 13.5. The van der Waals surface area contributed by atoms with Gasteiger partial charge in [0.25, 0.3) is 5.56 Å². The number of hydrogen-bond donors (Lipinski definition) is 1. The molecule has 1 N–H and O–H groups in total. The summed E-state index contributed by atoms with van der Waals surface area (Å²) >= 11 is 0. The Morgan fingerprint density at radius 1 is 1.57 bits per heavy atom. The van der Waals surface area contributed by atoms with E-state index in [4.69, 9.17) is 9.26 Å². The first-order chi connectivity index (χ1) is 9.95. The fourth-order valence-corrected chi connectivity index (χ4v) is 3.83. The zero-order chi connectivity index (χ0) is 15.6. The standard InChI is InChI=1S/C11H19N2O5P3/c1-6-4-13(11(16)12(2)10(6)15)9-3-7(14)8(18-9)5-17-20-21-19/h4,7-9,14,20-21H,3,5,19H2,1-2H3/t7?,8-,9-/m1/s1. The average molecular weight is 352 g/mol. The Kier molecular flexibility index (Phi) is 6.07. The monoisotopic (exact) mass is 352 g/mol. The number of ether oxygens (including phenoxy) is 1. The molecule has 118 valence electrons. The summed E-state index contributed by atoms with van der Waals surface area (Å²) in [4.78, 5) is 23.8. The highest BCUT2D eigenvalue weighted by Gasteiger charge is 2.35. The minimum Gasteiger partial charge on any atom is -0.390 e. The number of aromatic nitrogens is 2. The van der Waals surface area contributed by atoms with Crippen molar-refractivity contribution in [3.05, 3.63) is 32.6 Å². The van der Waals surface area contributed by atoms with Crippen LogP contribution < -0.4 is 11.2 Å². The van der Waals surface area contributed by atoms with Crippen LogP contribution in [0.5, 0.6) is 0 Å². The minimum atomic E-state index is -0.683. The molecule has 2 heterocycles. The molecule has 6 atom stereocenters. The number of aliphatic hydroxyl groups excluding tert-OH is 1. The van der Waals surface area contributed by atoms with E-state index < -0.39 is 24.1 Å². The van der Waals surface area contributed by atoms with Gasteiger partial charge in [-0.25, -0.2) is 4.79 Å². The Morgan fingerprint density at radius 2 is 2.29 bits per heavy atom. The van der Waals surface area contributed by atoms with E-state index >= 15 is 0 Å². The van der Waals surface area contributed by atoms with Crippen molar-refractivity contribution in [2.75, 3.05) is 6.61 Å². The Bertz CT molecular complexity index is 617. The van der Waals surface area contributed by atoms with Gasteiger partial charge >= 0.3 is 5.69 Å². The lowest BCUT2D eigenvalue weighted by Gasteiger charge is -2.17. The maximum Gasteiger partial charge on any atom is 0.332 e. The number of nitrogens with zero attached hydrogens (tertiary/aromatic N) is 2. The number of rotatable bonds is 5. The molecule has 0 radical (unpaired) electrons. The van der Waals surface area contributed by atoms with Crippen LogP contribution in [-0.2, 0) is 16.3 Å². The molecule has 1 saturated heterocycles. The normalized spacial score (nSPS) is 26.6. The van der Waals surface area contributed by atoms with E-state index in [-0.39, 0.29) is 5.56 Å². The summed E-state index contributed by atoms with van der Waals surface area (Å²) in [6, 6.07) is 0. The first kappa shape index (κ1) is 17.2. The summed E-state index contributed by atoms with van der Waals surface area (Å²) in [6.07, 6.45) is 0.0772. The van der Waals surface area contributed by atoms with Crippen molar-refractivity contribution >= 4 is 25.4 Å². The molecule has 1 fully saturated rings. The lowest BCUT2D eigenvalue weighted by molar-refractivity contribution is -0.0388. The van der Waals surface area contributed by atoms with Gasteiger partial charge in [0.15, 0.2) is 0 Å². The van der Waals surface area contributed by atoms with Gasteiger partial charge in [-0.2, -0.15) is 0 Å². The van der Waals surface area contributed by atoms with Gasteiger partial charge in [-0.05, 0) is 6.92 Å². The van der Waals surface area contributed by atoms with Crippen LogP contribution in [0.25, 0.3) is 0 Å². The SMILES string of the molecule is Cc1cn([C@H]2CC(O)[C@@H](COPPP)O2)c(=O)n(C)c1=O. The van der Waals surface area contributed by atoms with Crippen molar-refractivity contribution in [2.45, 2.75) is 31.8 Å². The molecular formula is C11H19N2O5P3. The summed E-state index contributed by atoms with van der Waals surface area (Å²) in [5, 5.41) is 10.0. The summed E-state index contributed by atoms with van der Waals surface area (Å²) in [6.45, 7) is 1.95. The molecule has 2 rings (SSSR count). The predicted molar refractivity (Wildman–Crippen MR) is 87.5 cm³/mol. The third-order valence-electron chi connectivity index (χ3n) is 3.38. The Hall–Kier alpha value is -0.150. The van der Waals surface area contributed by atoms with Gasteiger partial charge in [-0.3, -0.25) is 13.9 Å². The van der Waals surface area contributed by atoms with Gasteiger partial charge in [-0.1, -0.05) is 7.96 Å². The molecule has 21 heavy (non-hydrogen) atoms. The second-order valence-corrected chi connectivity index (χ2v) is 9.71. The van der Waals surface area contributed by atoms with E-state index in [1.807, 2.05) is 0 Å². The van der Waals surface area contributed by atoms with Crippen molar-refractivity contribution in [1.82, 2.24) is 9.13 Å². The largest absolute Gasteiger partial charge is 0.390 e. The molecule has 0 aromatic carbocycles. The van der Waals surface area contributed by atoms with Gasteiger partial charge in [0, 0.05) is 33.7 Å². The maximum absolute atomic E-state index is 12.1. The van der Waals surface area contributed by atoms with Crippen molar-refractivity contribution in [1.29, 1.82) is 0 Å². The van der Waals surface area contributed by atoms with Crippen LogP contribution >= 0.6 is 25.4 Å². The minimum absolute atomic E-state index is 0.303. The molecule has 0 saturated carbocycles. The van der Waals surface area contributed by atoms with Gasteiger partial charge in [0.05, 0.1) is 12.7 Å². The molecule has 1 aromatic rings. The number of aryl methyl sites for hydroxylation is 1. The topological polar surface area (TPSA) is 82.7 Å². The molecule has 7 nitrogen and oxygen atoms in total. The lowest BCUT2D eigenvalue weighted by Crippen LogP contribution is -2.40. The molecular weight excluding hydrogens is 333 g/mol. The van der Waals surface area contributed by atoms with Crippen molar-refractivity contribution in [3.8, 4) is 0 Å².